The van der Waals surface area contributed by atoms with E-state index in [1.165, 1.54) is 7.11 Å². The van der Waals surface area contributed by atoms with Gasteiger partial charge in [-0.25, -0.2) is 0 Å². The first-order valence-corrected chi connectivity index (χ1v) is 11.5. The second-order valence-corrected chi connectivity index (χ2v) is 6.31. The molecule has 7 heteroatoms. The summed E-state index contributed by atoms with van der Waals surface area (Å²) in [6.45, 7) is -13.1. The third kappa shape index (κ3) is 33.5. The summed E-state index contributed by atoms with van der Waals surface area (Å²) < 4.78 is 465. The van der Waals surface area contributed by atoms with E-state index in [0.29, 0.717) is 0 Å². The minimum Gasteiger partial charge on any atom is -0.462 e. The normalized spacial score (nSPS) is 39.2. The van der Waals surface area contributed by atoms with Crippen molar-refractivity contribution in [3.05, 3.63) is 0 Å². The molecule has 256 valence electrons. The van der Waals surface area contributed by atoms with Crippen LogP contribution in [0.1, 0.15) is 241 Å². The number of carbonyl (C=O) groups excluding carboxylic acids is 2. The maximum atomic E-state index is 13.8. The second-order valence-electron chi connectivity index (χ2n) is 6.31. The van der Waals surface area contributed by atoms with Crippen LogP contribution in [0.25, 0.3) is 0 Å². The first-order valence-electron chi connectivity index (χ1n) is 38.5. The van der Waals surface area contributed by atoms with Crippen LogP contribution in [0.3, 0.4) is 0 Å². The largest absolute Gasteiger partial charge is 0.462 e. The fourth-order valence-corrected chi connectivity index (χ4v) is 1.81. The van der Waals surface area contributed by atoms with Gasteiger partial charge in [-0.3, -0.25) is 9.59 Å². The van der Waals surface area contributed by atoms with Gasteiger partial charge in [-0.1, -0.05) is 141 Å². The first kappa shape index (κ1) is 7.75. The van der Waals surface area contributed by atoms with Crippen LogP contribution in [0, 0.1) is 0 Å². The van der Waals surface area contributed by atoms with E-state index in [1.54, 1.807) is 0 Å². The summed E-state index contributed by atoms with van der Waals surface area (Å²) in [5.74, 6) is -5.71. The molecule has 0 aliphatic heterocycles. The summed E-state index contributed by atoms with van der Waals surface area (Å²) in [7, 11) is 1.23. The molecule has 0 N–H and O–H groups in total. The number of ether oxygens (including phenoxy) is 5. The highest BCUT2D eigenvalue weighted by molar-refractivity contribution is 5.70. The number of methoxy groups -OCH3 is 1. The molecular formula is C36H70O7. The molecule has 0 amide bonds. The van der Waals surface area contributed by atoms with Crippen LogP contribution in [0.5, 0.6) is 0 Å². The lowest BCUT2D eigenvalue weighted by atomic mass is 10.1. The minimum atomic E-state index is -5.33. The average Bonchev–Trinajstić information content (AvgIpc) is 0.690. The lowest BCUT2D eigenvalue weighted by Crippen LogP contribution is -2.30. The Balaban J connectivity index is 7.86. The van der Waals surface area contributed by atoms with Crippen molar-refractivity contribution in [1.82, 2.24) is 0 Å². The fourth-order valence-electron chi connectivity index (χ4n) is 1.81. The summed E-state index contributed by atoms with van der Waals surface area (Å²) in [6.07, 6.45) is -125. The molecule has 1 atom stereocenters. The van der Waals surface area contributed by atoms with Crippen LogP contribution in [0.15, 0.2) is 0 Å². The maximum Gasteiger partial charge on any atom is 0.306 e. The van der Waals surface area contributed by atoms with Crippen LogP contribution >= 0.6 is 0 Å². The predicted octanol–water partition coefficient (Wildman–Crippen LogP) is 9.52. The molecule has 0 aromatic rings. The summed E-state index contributed by atoms with van der Waals surface area (Å²) in [5, 5.41) is 0. The molecule has 0 fully saturated rings. The number of hydrogen-bond donors (Lipinski definition) is 0. The van der Waals surface area contributed by atoms with Crippen molar-refractivity contribution in [2.75, 3.05) is 46.8 Å². The van der Waals surface area contributed by atoms with E-state index in [4.69, 9.17) is 93.0 Å². The van der Waals surface area contributed by atoms with Crippen molar-refractivity contribution in [2.24, 2.45) is 0 Å². The third-order valence-corrected chi connectivity index (χ3v) is 3.36. The van der Waals surface area contributed by atoms with Crippen LogP contribution in [0.2, 0.25) is 0 Å². The summed E-state index contributed by atoms with van der Waals surface area (Å²) in [6, 6.07) is 0. The van der Waals surface area contributed by atoms with Gasteiger partial charge in [0, 0.05) is 93.9 Å². The Bertz CT molecular complexity index is 2730. The van der Waals surface area contributed by atoms with Gasteiger partial charge >= 0.3 is 11.9 Å². The van der Waals surface area contributed by atoms with Crippen molar-refractivity contribution < 1.29 is 107 Å². The summed E-state index contributed by atoms with van der Waals surface area (Å²) in [4.78, 5) is 27.4. The molecule has 0 bridgehead atoms. The molecule has 0 saturated carbocycles. The Morgan fingerprint density at radius 2 is 0.953 bits per heavy atom. The topological polar surface area (TPSA) is 80.3 Å². The molecule has 0 spiro atoms. The highest BCUT2D eigenvalue weighted by atomic mass is 16.6. The van der Waals surface area contributed by atoms with E-state index in [9.17, 15) is 9.59 Å². The van der Waals surface area contributed by atoms with Gasteiger partial charge in [-0.15, -0.1) is 0 Å². The summed E-state index contributed by atoms with van der Waals surface area (Å²) in [5.41, 5.74) is 0. The lowest BCUT2D eigenvalue weighted by molar-refractivity contribution is -0.163. The van der Waals surface area contributed by atoms with E-state index in [0.717, 1.165) is 0 Å². The van der Waals surface area contributed by atoms with Gasteiger partial charge in [-0.2, -0.15) is 0 Å². The Kier molecular flexibility index (Phi) is 6.36. The number of rotatable bonds is 35. The maximum absolute atomic E-state index is 13.8. The van der Waals surface area contributed by atoms with Crippen molar-refractivity contribution in [3.8, 4) is 0 Å². The third-order valence-electron chi connectivity index (χ3n) is 3.36. The summed E-state index contributed by atoms with van der Waals surface area (Å²) >= 11 is 0. The SMILES string of the molecule is [2H]C([2H])([2H])C([2H])([2H])C([2H])([2H])C([2H])([2H])C([2H])([2H])C([2H])([2H])C([2H])([2H])C([2H])([2H])C([2H])([2H])C([2H])([2H])C([2H])([2H])C([2H])([2H])C([2H])([2H])C(=O)OCC(COCCOCCOC)OC(=O)C([2H])([2H])C([2H])([2H])C([2H])([2H])C([2H])([2H])C([2H])([2H])C([2H])([2H])C([2H])([2H])C([2H])([2H])C([2H])([2H])C([2H])([2H])C([2H])([2H])C([2H])([2H])C([2H])([2H])[2H]. The van der Waals surface area contributed by atoms with Crippen molar-refractivity contribution in [3.63, 3.8) is 0 Å². The van der Waals surface area contributed by atoms with E-state index in [-0.39, 0.29) is 13.2 Å². The van der Waals surface area contributed by atoms with Crippen LogP contribution in [0.4, 0.5) is 0 Å². The molecule has 0 aromatic carbocycles. The number of carbonyl (C=O) groups is 2. The van der Waals surface area contributed by atoms with E-state index < -0.39 is 211 Å². The van der Waals surface area contributed by atoms with Crippen molar-refractivity contribution >= 4 is 11.9 Å². The van der Waals surface area contributed by atoms with Crippen molar-refractivity contribution in [1.29, 1.82) is 0 Å². The molecule has 0 radical (unpaired) electrons. The van der Waals surface area contributed by atoms with Gasteiger partial charge in [0.05, 0.1) is 33.0 Å². The first-order chi connectivity index (χ1) is 41.5. The molecule has 43 heavy (non-hydrogen) atoms. The van der Waals surface area contributed by atoms with E-state index >= 15 is 0 Å². The number of esters is 2. The van der Waals surface area contributed by atoms with E-state index in [1.807, 2.05) is 0 Å². The molecule has 0 aromatic heterocycles. The van der Waals surface area contributed by atoms with Gasteiger partial charge in [0.2, 0.25) is 0 Å². The molecular weight excluding hydrogens is 544 g/mol. The standard InChI is InChI=1S/C36H70O7/c1-4-6-8-10-12-14-16-18-20-22-24-26-35(37)42-33-34(32-41-31-30-40-29-28-39-3)43-36(38)27-25-23-21-19-17-15-13-11-9-7-5-2/h34H,4-33H2,1-3H3/i1D3,2D3,4D2,5D2,6D2,7D2,8D2,9D2,10D2,11D2,12D2,13D2,14D2,15D2,16D2,17D2,18D2,19D2,20D2,21D2,22D2,23D2,24D2,25D2,26D2,27D2. The molecule has 7 nitrogen and oxygen atoms in total. The molecule has 0 aliphatic rings. The lowest BCUT2D eigenvalue weighted by Gasteiger charge is -2.18. The van der Waals surface area contributed by atoms with Gasteiger partial charge < -0.3 is 23.7 Å². The minimum absolute atomic E-state index is 0.0570. The van der Waals surface area contributed by atoms with Crippen LogP contribution in [-0.2, 0) is 33.3 Å². The van der Waals surface area contributed by atoms with Crippen LogP contribution < -0.4 is 0 Å². The van der Waals surface area contributed by atoms with Gasteiger partial charge in [0.1, 0.15) is 6.61 Å². The molecule has 0 saturated heterocycles. The zero-order valence-corrected chi connectivity index (χ0v) is 22.7. The molecule has 1 unspecified atom stereocenters. The van der Waals surface area contributed by atoms with Crippen LogP contribution in [-0.4, -0.2) is 64.8 Å². The monoisotopic (exact) mass is 669 g/mol. The Morgan fingerprint density at radius 1 is 0.535 bits per heavy atom. The van der Waals surface area contributed by atoms with E-state index in [2.05, 4.69) is 4.74 Å². The number of hydrogen-bond acceptors (Lipinski definition) is 7. The Hall–Kier alpha value is -1.18. The second kappa shape index (κ2) is 35.3. The Morgan fingerprint density at radius 3 is 1.44 bits per heavy atom. The van der Waals surface area contributed by atoms with Gasteiger partial charge in [0.15, 0.2) is 6.10 Å². The molecule has 0 aliphatic carbocycles. The molecule has 0 rings (SSSR count). The fraction of sp³-hybridized carbons (Fsp3) is 0.944. The predicted molar refractivity (Wildman–Crippen MR) is 177 cm³/mol. The quantitative estimate of drug-likeness (QED) is 0.0491. The highest BCUT2D eigenvalue weighted by Crippen LogP contribution is 2.14. The molecule has 0 heterocycles. The Labute approximate surface area is 341 Å². The highest BCUT2D eigenvalue weighted by Gasteiger charge is 2.17. The average molecular weight is 669 g/mol. The van der Waals surface area contributed by atoms with Crippen molar-refractivity contribution in [2.45, 2.75) is 173 Å². The zero-order chi connectivity index (χ0) is 79.5. The van der Waals surface area contributed by atoms with Gasteiger partial charge in [-0.05, 0) is 12.7 Å². The van der Waals surface area contributed by atoms with Gasteiger partial charge in [0.25, 0.3) is 0 Å². The zero-order valence-electron chi connectivity index (χ0n) is 76.7. The smallest absolute Gasteiger partial charge is 0.306 e.